The van der Waals surface area contributed by atoms with Crippen molar-refractivity contribution >= 4 is 7.74 Å². The third-order valence-electron chi connectivity index (χ3n) is 2.23. The van der Waals surface area contributed by atoms with Crippen LogP contribution in [0.3, 0.4) is 0 Å². The van der Waals surface area contributed by atoms with Crippen molar-refractivity contribution < 1.29 is 22.6 Å². The van der Waals surface area contributed by atoms with Gasteiger partial charge in [-0.05, 0) is 0 Å². The first kappa shape index (κ1) is 11.3. The second kappa shape index (κ2) is 3.42. The van der Waals surface area contributed by atoms with Crippen molar-refractivity contribution in [1.82, 2.24) is 0 Å². The van der Waals surface area contributed by atoms with Gasteiger partial charge in [-0.3, -0.25) is 0 Å². The molecule has 2 atom stereocenters. The molecule has 0 N–H and O–H groups in total. The molecule has 6 heteroatoms. The predicted molar refractivity (Wildman–Crippen MR) is 49.0 cm³/mol. The van der Waals surface area contributed by atoms with Crippen LogP contribution < -0.4 is 0 Å². The fraction of sp³-hybridized carbons (Fsp3) is 1.00. The van der Waals surface area contributed by atoms with E-state index in [1.54, 1.807) is 0 Å². The molecule has 1 saturated heterocycles. The molecule has 13 heavy (non-hydrogen) atoms. The summed E-state index contributed by atoms with van der Waals surface area (Å²) in [6.45, 7) is 3.77. The van der Waals surface area contributed by atoms with Crippen molar-refractivity contribution in [3.05, 3.63) is 0 Å². The van der Waals surface area contributed by atoms with Crippen LogP contribution in [0, 0.1) is 0 Å². The Morgan fingerprint density at radius 3 is 1.31 bits per heavy atom. The first-order valence-electron chi connectivity index (χ1n) is 4.10. The zero-order chi connectivity index (χ0) is 10.1. The van der Waals surface area contributed by atoms with E-state index in [0.717, 1.165) is 0 Å². The summed E-state index contributed by atoms with van der Waals surface area (Å²) in [5, 5.41) is 0. The summed E-state index contributed by atoms with van der Waals surface area (Å²) in [7, 11) is 0.662. The van der Waals surface area contributed by atoms with Crippen molar-refractivity contribution in [3.8, 4) is 0 Å². The Morgan fingerprint density at radius 1 is 0.846 bits per heavy atom. The summed E-state index contributed by atoms with van der Waals surface area (Å²) >= 11 is 0. The molecule has 0 aromatic heterocycles. The van der Waals surface area contributed by atoms with E-state index in [0.29, 0.717) is 0 Å². The molecule has 0 saturated carbocycles. The van der Waals surface area contributed by atoms with Crippen LogP contribution in [0.1, 0.15) is 13.8 Å². The molecule has 0 amide bonds. The van der Waals surface area contributed by atoms with Crippen molar-refractivity contribution in [1.29, 1.82) is 0 Å². The van der Waals surface area contributed by atoms with Crippen molar-refractivity contribution in [3.63, 3.8) is 0 Å². The molecule has 0 bridgehead atoms. The molecule has 80 valence electrons. The van der Waals surface area contributed by atoms with Gasteiger partial charge in [0.1, 0.15) is 0 Å². The van der Waals surface area contributed by atoms with Crippen LogP contribution in [0.15, 0.2) is 0 Å². The minimum absolute atomic E-state index is 0.0995. The fourth-order valence-corrected chi connectivity index (χ4v) is 3.66. The summed E-state index contributed by atoms with van der Waals surface area (Å²) in [5.74, 6) is 0. The Morgan fingerprint density at radius 2 is 1.15 bits per heavy atom. The van der Waals surface area contributed by atoms with E-state index in [1.807, 2.05) is 13.8 Å². The average Bonchev–Trinajstić information content (AvgIpc) is 2.42. The van der Waals surface area contributed by atoms with E-state index >= 15 is 0 Å². The van der Waals surface area contributed by atoms with E-state index < -0.39 is 7.74 Å². The van der Waals surface area contributed by atoms with Crippen LogP contribution in [0.2, 0.25) is 0 Å². The van der Waals surface area contributed by atoms with Gasteiger partial charge < -0.3 is 0 Å². The van der Waals surface area contributed by atoms with Crippen LogP contribution >= 0.6 is 7.74 Å². The van der Waals surface area contributed by atoms with Gasteiger partial charge in [-0.15, -0.1) is 0 Å². The second-order valence-corrected chi connectivity index (χ2v) is 5.92. The molecule has 1 aliphatic rings. The molecule has 0 aromatic rings. The molecule has 2 unspecified atom stereocenters. The van der Waals surface area contributed by atoms with Crippen LogP contribution in [-0.4, -0.2) is 33.5 Å². The van der Waals surface area contributed by atoms with Gasteiger partial charge in [-0.25, -0.2) is 0 Å². The molecule has 1 fully saturated rings. The van der Waals surface area contributed by atoms with Crippen LogP contribution in [-0.2, 0) is 22.6 Å². The molecular weight excluding hydrogens is 195 g/mol. The van der Waals surface area contributed by atoms with Crippen molar-refractivity contribution in [2.24, 2.45) is 0 Å². The third kappa shape index (κ3) is 1.61. The molecule has 5 nitrogen and oxygen atoms in total. The minimum atomic E-state index is -3.70. The summed E-state index contributed by atoms with van der Waals surface area (Å²) < 4.78 is 26.6. The molecule has 0 spiro atoms. The summed E-state index contributed by atoms with van der Waals surface area (Å²) in [5.41, 5.74) is 0. The van der Waals surface area contributed by atoms with Crippen molar-refractivity contribution in [2.75, 3.05) is 21.3 Å². The van der Waals surface area contributed by atoms with Gasteiger partial charge in [0.05, 0.1) is 0 Å². The monoisotopic (exact) mass is 212 g/mol. The van der Waals surface area contributed by atoms with Gasteiger partial charge in [0.2, 0.25) is 0 Å². The van der Waals surface area contributed by atoms with Gasteiger partial charge in [-0.1, -0.05) is 0 Å². The SMILES string of the molecule is COP1(OC)(OC)OC(C)C(C)O1. The fourth-order valence-electron chi connectivity index (χ4n) is 1.22. The Balaban J connectivity index is 2.94. The zero-order valence-electron chi connectivity index (χ0n) is 8.64. The van der Waals surface area contributed by atoms with Crippen LogP contribution in [0.4, 0.5) is 0 Å². The first-order valence-corrected chi connectivity index (χ1v) is 5.92. The van der Waals surface area contributed by atoms with Crippen LogP contribution in [0.25, 0.3) is 0 Å². The zero-order valence-corrected chi connectivity index (χ0v) is 9.54. The van der Waals surface area contributed by atoms with E-state index in [1.165, 1.54) is 21.3 Å². The summed E-state index contributed by atoms with van der Waals surface area (Å²) in [6.07, 6.45) is -0.199. The van der Waals surface area contributed by atoms with E-state index in [2.05, 4.69) is 0 Å². The number of hydrogen-bond acceptors (Lipinski definition) is 5. The molecule has 0 aromatic carbocycles. The summed E-state index contributed by atoms with van der Waals surface area (Å²) in [6, 6.07) is 0. The van der Waals surface area contributed by atoms with E-state index in [-0.39, 0.29) is 12.2 Å². The van der Waals surface area contributed by atoms with Gasteiger partial charge in [0.25, 0.3) is 0 Å². The molecular formula is C7H17O5P. The Labute approximate surface area is 78.6 Å². The maximum atomic E-state index is 5.54. The Bertz CT molecular complexity index is 168. The standard InChI is InChI=1S/C7H17O5P/c1-6-7(2)12-13(8-3,9-4,10-5)11-6/h6-7H,1-5H3. The average molecular weight is 212 g/mol. The summed E-state index contributed by atoms with van der Waals surface area (Å²) in [4.78, 5) is 0. The predicted octanol–water partition coefficient (Wildman–Crippen LogP) is 1.88. The molecule has 1 heterocycles. The first-order chi connectivity index (χ1) is 6.01. The van der Waals surface area contributed by atoms with Gasteiger partial charge >= 0.3 is 77.7 Å². The van der Waals surface area contributed by atoms with Gasteiger partial charge in [-0.2, -0.15) is 0 Å². The molecule has 0 radical (unpaired) electrons. The Kier molecular flexibility index (Phi) is 2.98. The molecule has 1 rings (SSSR count). The van der Waals surface area contributed by atoms with Crippen molar-refractivity contribution in [2.45, 2.75) is 26.1 Å². The normalized spacial score (nSPS) is 39.6. The topological polar surface area (TPSA) is 46.2 Å². The number of hydrogen-bond donors (Lipinski definition) is 0. The maximum absolute atomic E-state index is 5.54. The Hall–Kier alpha value is 0.230. The molecule has 0 aliphatic carbocycles. The molecule has 1 aliphatic heterocycles. The second-order valence-electron chi connectivity index (χ2n) is 2.91. The number of rotatable bonds is 3. The van der Waals surface area contributed by atoms with Gasteiger partial charge in [0.15, 0.2) is 0 Å². The van der Waals surface area contributed by atoms with E-state index in [9.17, 15) is 0 Å². The third-order valence-corrected chi connectivity index (χ3v) is 5.37. The van der Waals surface area contributed by atoms with E-state index in [4.69, 9.17) is 22.6 Å². The van der Waals surface area contributed by atoms with Crippen LogP contribution in [0.5, 0.6) is 0 Å². The van der Waals surface area contributed by atoms with Gasteiger partial charge in [0, 0.05) is 0 Å². The quantitative estimate of drug-likeness (QED) is 0.668.